The zero-order valence-electron chi connectivity index (χ0n) is 12.3. The number of carbonyl (C=O) groups excluding carboxylic acids is 1. The van der Waals surface area contributed by atoms with Crippen LogP contribution in [0.1, 0.15) is 42.7 Å². The Kier molecular flexibility index (Phi) is 3.01. The molecule has 0 saturated heterocycles. The Morgan fingerprint density at radius 3 is 2.76 bits per heavy atom. The number of carbonyl (C=O) groups is 1. The standard InChI is InChI=1S/C16H18N2O3/c1-16(2,3)11-6-10-14(7-13(11)19)21-8-12(15(10)20)18-5-4-17-9-18/h4-7,9,12,19H,8H2,1-3H3. The second-order valence-electron chi connectivity index (χ2n) is 6.32. The maximum Gasteiger partial charge on any atom is 0.192 e. The minimum Gasteiger partial charge on any atom is -0.508 e. The summed E-state index contributed by atoms with van der Waals surface area (Å²) >= 11 is 0. The molecule has 1 unspecified atom stereocenters. The number of hydrogen-bond donors (Lipinski definition) is 1. The molecule has 1 atom stereocenters. The molecular weight excluding hydrogens is 268 g/mol. The molecule has 0 radical (unpaired) electrons. The van der Waals surface area contributed by atoms with Crippen LogP contribution >= 0.6 is 0 Å². The second kappa shape index (κ2) is 4.62. The average molecular weight is 286 g/mol. The largest absolute Gasteiger partial charge is 0.508 e. The van der Waals surface area contributed by atoms with E-state index < -0.39 is 6.04 Å². The minimum absolute atomic E-state index is 0.0141. The fraction of sp³-hybridized carbons (Fsp3) is 0.375. The minimum atomic E-state index is -0.405. The molecule has 0 saturated carbocycles. The summed E-state index contributed by atoms with van der Waals surface area (Å²) in [5.41, 5.74) is 1.01. The van der Waals surface area contributed by atoms with Crippen LogP contribution in [0.3, 0.4) is 0 Å². The SMILES string of the molecule is CC(C)(C)c1cc2c(cc1O)OCC(n1ccnc1)C2=O. The zero-order valence-corrected chi connectivity index (χ0v) is 12.3. The van der Waals surface area contributed by atoms with Gasteiger partial charge in [-0.25, -0.2) is 4.98 Å². The van der Waals surface area contributed by atoms with Crippen molar-refractivity contribution in [2.45, 2.75) is 32.2 Å². The average Bonchev–Trinajstić information content (AvgIpc) is 2.91. The van der Waals surface area contributed by atoms with Gasteiger partial charge in [0, 0.05) is 24.0 Å². The molecule has 5 nitrogen and oxygen atoms in total. The van der Waals surface area contributed by atoms with Crippen molar-refractivity contribution >= 4 is 5.78 Å². The van der Waals surface area contributed by atoms with E-state index in [4.69, 9.17) is 4.74 Å². The van der Waals surface area contributed by atoms with Crippen molar-refractivity contribution in [2.75, 3.05) is 6.61 Å². The smallest absolute Gasteiger partial charge is 0.192 e. The van der Waals surface area contributed by atoms with Crippen molar-refractivity contribution in [3.05, 3.63) is 42.0 Å². The number of phenolic OH excluding ortho intramolecular Hbond substituents is 1. The topological polar surface area (TPSA) is 64.3 Å². The molecule has 110 valence electrons. The van der Waals surface area contributed by atoms with Gasteiger partial charge in [-0.1, -0.05) is 20.8 Å². The van der Waals surface area contributed by atoms with Crippen LogP contribution < -0.4 is 4.74 Å². The molecule has 1 aromatic heterocycles. The van der Waals surface area contributed by atoms with E-state index in [9.17, 15) is 9.90 Å². The van der Waals surface area contributed by atoms with Gasteiger partial charge < -0.3 is 14.4 Å². The predicted octanol–water partition coefficient (Wildman–Crippen LogP) is 2.70. The lowest BCUT2D eigenvalue weighted by atomic mass is 9.84. The van der Waals surface area contributed by atoms with Crippen molar-refractivity contribution < 1.29 is 14.6 Å². The number of phenols is 1. The molecule has 5 heteroatoms. The number of hydrogen-bond acceptors (Lipinski definition) is 4. The lowest BCUT2D eigenvalue weighted by Gasteiger charge is -2.28. The highest BCUT2D eigenvalue weighted by Gasteiger charge is 2.32. The number of rotatable bonds is 1. The van der Waals surface area contributed by atoms with Crippen molar-refractivity contribution in [2.24, 2.45) is 0 Å². The number of aromatic hydroxyl groups is 1. The Hall–Kier alpha value is -2.30. The third kappa shape index (κ3) is 2.28. The molecule has 1 aliphatic heterocycles. The van der Waals surface area contributed by atoms with Crippen LogP contribution in [0.15, 0.2) is 30.9 Å². The maximum atomic E-state index is 12.7. The number of aromatic nitrogens is 2. The van der Waals surface area contributed by atoms with Crippen molar-refractivity contribution in [1.82, 2.24) is 9.55 Å². The van der Waals surface area contributed by atoms with E-state index in [1.165, 1.54) is 6.07 Å². The molecule has 1 aromatic carbocycles. The first-order valence-corrected chi connectivity index (χ1v) is 6.90. The number of benzene rings is 1. The van der Waals surface area contributed by atoms with Gasteiger partial charge in [-0.15, -0.1) is 0 Å². The highest BCUT2D eigenvalue weighted by molar-refractivity contribution is 6.02. The van der Waals surface area contributed by atoms with Crippen LogP contribution in [-0.4, -0.2) is 27.0 Å². The van der Waals surface area contributed by atoms with Gasteiger partial charge in [-0.2, -0.15) is 0 Å². The molecule has 2 heterocycles. The van der Waals surface area contributed by atoms with E-state index in [1.54, 1.807) is 29.4 Å². The van der Waals surface area contributed by atoms with Crippen molar-refractivity contribution in [3.63, 3.8) is 0 Å². The monoisotopic (exact) mass is 286 g/mol. The van der Waals surface area contributed by atoms with Gasteiger partial charge in [0.15, 0.2) is 5.78 Å². The summed E-state index contributed by atoms with van der Waals surface area (Å²) in [6.45, 7) is 6.23. The number of imidazole rings is 1. The number of nitrogens with zero attached hydrogens (tertiary/aromatic N) is 2. The van der Waals surface area contributed by atoms with Gasteiger partial charge in [0.1, 0.15) is 24.1 Å². The molecule has 2 aromatic rings. The maximum absolute atomic E-state index is 12.7. The summed E-state index contributed by atoms with van der Waals surface area (Å²) in [4.78, 5) is 16.7. The van der Waals surface area contributed by atoms with Gasteiger partial charge >= 0.3 is 0 Å². The quantitative estimate of drug-likeness (QED) is 0.875. The van der Waals surface area contributed by atoms with E-state index in [0.717, 1.165) is 5.56 Å². The van der Waals surface area contributed by atoms with Crippen molar-refractivity contribution in [3.8, 4) is 11.5 Å². The molecule has 0 aliphatic carbocycles. The summed E-state index contributed by atoms with van der Waals surface area (Å²) in [5.74, 6) is 0.594. The third-order valence-electron chi connectivity index (χ3n) is 3.76. The van der Waals surface area contributed by atoms with Gasteiger partial charge in [0.2, 0.25) is 0 Å². The lowest BCUT2D eigenvalue weighted by Crippen LogP contribution is -2.30. The Labute approximate surface area is 123 Å². The van der Waals surface area contributed by atoms with Crippen LogP contribution in [-0.2, 0) is 5.41 Å². The predicted molar refractivity (Wildman–Crippen MR) is 77.9 cm³/mol. The number of ether oxygens (including phenoxy) is 1. The highest BCUT2D eigenvalue weighted by atomic mass is 16.5. The summed E-state index contributed by atoms with van der Waals surface area (Å²) in [6.07, 6.45) is 5.00. The fourth-order valence-electron chi connectivity index (χ4n) is 2.58. The fourth-order valence-corrected chi connectivity index (χ4v) is 2.58. The van der Waals surface area contributed by atoms with E-state index >= 15 is 0 Å². The molecule has 0 spiro atoms. The zero-order chi connectivity index (χ0) is 15.2. The first-order chi connectivity index (χ1) is 9.88. The molecular formula is C16H18N2O3. The molecule has 1 N–H and O–H groups in total. The van der Waals surface area contributed by atoms with Crippen LogP contribution in [0.5, 0.6) is 11.5 Å². The third-order valence-corrected chi connectivity index (χ3v) is 3.76. The molecule has 3 rings (SSSR count). The first-order valence-electron chi connectivity index (χ1n) is 6.90. The van der Waals surface area contributed by atoms with Gasteiger partial charge in [0.25, 0.3) is 0 Å². The van der Waals surface area contributed by atoms with E-state index in [2.05, 4.69) is 4.98 Å². The number of Topliss-reactive ketones (excluding diaryl/α,β-unsaturated/α-hetero) is 1. The van der Waals surface area contributed by atoms with Gasteiger partial charge in [0.05, 0.1) is 11.9 Å². The van der Waals surface area contributed by atoms with Crippen LogP contribution in [0.25, 0.3) is 0 Å². The Bertz CT molecular complexity index is 684. The van der Waals surface area contributed by atoms with Crippen molar-refractivity contribution in [1.29, 1.82) is 0 Å². The van der Waals surface area contributed by atoms with Crippen LogP contribution in [0.2, 0.25) is 0 Å². The first kappa shape index (κ1) is 13.7. The molecule has 0 amide bonds. The van der Waals surface area contributed by atoms with Crippen LogP contribution in [0, 0.1) is 0 Å². The summed E-state index contributed by atoms with van der Waals surface area (Å²) in [5, 5.41) is 10.1. The van der Waals surface area contributed by atoms with E-state index in [-0.39, 0.29) is 23.6 Å². The Morgan fingerprint density at radius 2 is 2.14 bits per heavy atom. The number of fused-ring (bicyclic) bond motifs is 1. The lowest BCUT2D eigenvalue weighted by molar-refractivity contribution is 0.0840. The molecule has 1 aliphatic rings. The van der Waals surface area contributed by atoms with E-state index in [1.807, 2.05) is 20.8 Å². The molecule has 21 heavy (non-hydrogen) atoms. The summed E-state index contributed by atoms with van der Waals surface area (Å²) < 4.78 is 7.39. The molecule has 0 fully saturated rings. The highest BCUT2D eigenvalue weighted by Crippen LogP contribution is 2.39. The molecule has 0 bridgehead atoms. The Morgan fingerprint density at radius 1 is 1.38 bits per heavy atom. The van der Waals surface area contributed by atoms with E-state index in [0.29, 0.717) is 11.3 Å². The summed E-state index contributed by atoms with van der Waals surface area (Å²) in [7, 11) is 0. The number of ketones is 1. The second-order valence-corrected chi connectivity index (χ2v) is 6.32. The van der Waals surface area contributed by atoms with Gasteiger partial charge in [-0.3, -0.25) is 4.79 Å². The normalized spacial score (nSPS) is 18.2. The van der Waals surface area contributed by atoms with Crippen LogP contribution in [0.4, 0.5) is 0 Å². The summed E-state index contributed by atoms with van der Waals surface area (Å²) in [6, 6.07) is 2.88. The Balaban J connectivity index is 2.07. The van der Waals surface area contributed by atoms with Gasteiger partial charge in [-0.05, 0) is 11.5 Å².